The van der Waals surface area contributed by atoms with Crippen LogP contribution in [-0.4, -0.2) is 31.4 Å². The molecule has 0 spiro atoms. The summed E-state index contributed by atoms with van der Waals surface area (Å²) in [6.07, 6.45) is 4.45. The second-order valence-corrected chi connectivity index (χ2v) is 6.07. The van der Waals surface area contributed by atoms with Gasteiger partial charge in [-0.2, -0.15) is 5.10 Å². The van der Waals surface area contributed by atoms with Crippen molar-refractivity contribution in [1.82, 2.24) is 10.4 Å². The van der Waals surface area contributed by atoms with E-state index in [1.54, 1.807) is 18.3 Å². The van der Waals surface area contributed by atoms with Gasteiger partial charge in [0.2, 0.25) is 10.0 Å². The average Bonchev–Trinajstić information content (AvgIpc) is 2.55. The number of amides is 2. The molecular formula is C14H13N5O4S. The van der Waals surface area contributed by atoms with Crippen LogP contribution in [0.4, 0.5) is 5.69 Å². The van der Waals surface area contributed by atoms with Crippen LogP contribution in [-0.2, 0) is 19.6 Å². The van der Waals surface area contributed by atoms with Crippen LogP contribution in [0.5, 0.6) is 0 Å². The normalized spacial score (nSPS) is 11.2. The molecule has 0 saturated carbocycles. The van der Waals surface area contributed by atoms with E-state index in [4.69, 9.17) is 5.14 Å². The van der Waals surface area contributed by atoms with Gasteiger partial charge in [-0.1, -0.05) is 6.07 Å². The number of carbonyl (C=O) groups is 2. The van der Waals surface area contributed by atoms with Crippen molar-refractivity contribution in [2.45, 2.75) is 4.90 Å². The molecule has 0 unspecified atom stereocenters. The van der Waals surface area contributed by atoms with E-state index < -0.39 is 21.8 Å². The first-order valence-corrected chi connectivity index (χ1v) is 8.08. The van der Waals surface area contributed by atoms with Crippen LogP contribution in [0.15, 0.2) is 58.8 Å². The largest absolute Gasteiger partial charge is 0.329 e. The van der Waals surface area contributed by atoms with E-state index in [1.165, 1.54) is 36.7 Å². The maximum Gasteiger partial charge on any atom is 0.329 e. The first-order valence-electron chi connectivity index (χ1n) is 6.53. The SMILES string of the molecule is NS(=O)(=O)c1ccc(NC(=O)C(=O)N/N=C/c2cccnc2)cc1. The number of rotatable bonds is 4. The van der Waals surface area contributed by atoms with Crippen LogP contribution in [0, 0.1) is 0 Å². The third kappa shape index (κ3) is 4.97. The Morgan fingerprint density at radius 3 is 2.42 bits per heavy atom. The van der Waals surface area contributed by atoms with Crippen molar-refractivity contribution in [2.24, 2.45) is 10.2 Å². The van der Waals surface area contributed by atoms with Gasteiger partial charge in [0.05, 0.1) is 11.1 Å². The van der Waals surface area contributed by atoms with Gasteiger partial charge >= 0.3 is 11.8 Å². The third-order valence-corrected chi connectivity index (χ3v) is 3.64. The Balaban J connectivity index is 1.92. The Hall–Kier alpha value is -3.11. The maximum absolute atomic E-state index is 11.7. The fourth-order valence-electron chi connectivity index (χ4n) is 1.58. The first-order chi connectivity index (χ1) is 11.4. The highest BCUT2D eigenvalue weighted by Crippen LogP contribution is 2.12. The number of benzene rings is 1. The molecule has 0 fully saturated rings. The molecule has 2 rings (SSSR count). The number of nitrogens with two attached hydrogens (primary N) is 1. The molecule has 2 aromatic rings. The zero-order valence-corrected chi connectivity index (χ0v) is 13.0. The molecule has 1 aromatic heterocycles. The molecule has 0 aliphatic rings. The molecule has 1 aromatic carbocycles. The molecule has 0 bridgehead atoms. The van der Waals surface area contributed by atoms with E-state index in [-0.39, 0.29) is 10.6 Å². The Labute approximate surface area is 137 Å². The topological polar surface area (TPSA) is 144 Å². The maximum atomic E-state index is 11.7. The van der Waals surface area contributed by atoms with Gasteiger partial charge in [-0.05, 0) is 30.3 Å². The first kappa shape index (κ1) is 17.2. The van der Waals surface area contributed by atoms with Crippen molar-refractivity contribution < 1.29 is 18.0 Å². The number of hydrazone groups is 1. The van der Waals surface area contributed by atoms with Gasteiger partial charge in [0.1, 0.15) is 0 Å². The molecule has 0 radical (unpaired) electrons. The second kappa shape index (κ2) is 7.44. The Morgan fingerprint density at radius 1 is 1.12 bits per heavy atom. The van der Waals surface area contributed by atoms with Crippen molar-refractivity contribution in [3.05, 3.63) is 54.4 Å². The van der Waals surface area contributed by atoms with Gasteiger partial charge in [0.25, 0.3) is 0 Å². The van der Waals surface area contributed by atoms with E-state index in [9.17, 15) is 18.0 Å². The summed E-state index contributed by atoms with van der Waals surface area (Å²) in [6, 6.07) is 8.46. The predicted molar refractivity (Wildman–Crippen MR) is 86.4 cm³/mol. The highest BCUT2D eigenvalue weighted by atomic mass is 32.2. The lowest BCUT2D eigenvalue weighted by Gasteiger charge is -2.04. The quantitative estimate of drug-likeness (QED) is 0.399. The number of pyridine rings is 1. The zero-order chi connectivity index (χ0) is 17.6. The fourth-order valence-corrected chi connectivity index (χ4v) is 2.10. The van der Waals surface area contributed by atoms with Crippen LogP contribution >= 0.6 is 0 Å². The molecule has 24 heavy (non-hydrogen) atoms. The molecular weight excluding hydrogens is 334 g/mol. The molecule has 0 atom stereocenters. The van der Waals surface area contributed by atoms with E-state index in [2.05, 4.69) is 20.8 Å². The number of nitrogens with one attached hydrogen (secondary N) is 2. The smallest absolute Gasteiger partial charge is 0.318 e. The monoisotopic (exact) mass is 347 g/mol. The number of nitrogens with zero attached hydrogens (tertiary/aromatic N) is 2. The van der Waals surface area contributed by atoms with Crippen molar-refractivity contribution >= 4 is 33.7 Å². The number of hydrogen-bond acceptors (Lipinski definition) is 6. The number of sulfonamides is 1. The molecule has 10 heteroatoms. The Bertz CT molecular complexity index is 864. The van der Waals surface area contributed by atoms with Crippen LogP contribution in [0.2, 0.25) is 0 Å². The van der Waals surface area contributed by atoms with Crippen molar-refractivity contribution in [3.8, 4) is 0 Å². The number of hydrogen-bond donors (Lipinski definition) is 3. The van der Waals surface area contributed by atoms with Crippen LogP contribution in [0.3, 0.4) is 0 Å². The second-order valence-electron chi connectivity index (χ2n) is 4.51. The number of primary sulfonamides is 1. The number of carbonyl (C=O) groups excluding carboxylic acids is 2. The van der Waals surface area contributed by atoms with Crippen LogP contribution < -0.4 is 15.9 Å². The lowest BCUT2D eigenvalue weighted by atomic mass is 10.3. The van der Waals surface area contributed by atoms with Gasteiger partial charge in [0, 0.05) is 23.6 Å². The molecule has 0 aliphatic heterocycles. The summed E-state index contributed by atoms with van der Waals surface area (Å²) in [5, 5.41) is 10.9. The van der Waals surface area contributed by atoms with Gasteiger partial charge in [0.15, 0.2) is 0 Å². The zero-order valence-electron chi connectivity index (χ0n) is 12.2. The molecule has 0 aliphatic carbocycles. The minimum Gasteiger partial charge on any atom is -0.318 e. The lowest BCUT2D eigenvalue weighted by Crippen LogP contribution is -2.32. The van der Waals surface area contributed by atoms with Gasteiger partial charge in [-0.25, -0.2) is 19.0 Å². The molecule has 4 N–H and O–H groups in total. The van der Waals surface area contributed by atoms with E-state index in [1.807, 2.05) is 0 Å². The molecule has 0 saturated heterocycles. The van der Waals surface area contributed by atoms with Gasteiger partial charge in [-0.3, -0.25) is 14.6 Å². The summed E-state index contributed by atoms with van der Waals surface area (Å²) in [4.78, 5) is 27.0. The minimum atomic E-state index is -3.82. The fraction of sp³-hybridized carbons (Fsp3) is 0. The summed E-state index contributed by atoms with van der Waals surface area (Å²) >= 11 is 0. The summed E-state index contributed by atoms with van der Waals surface area (Å²) in [5.41, 5.74) is 2.95. The van der Waals surface area contributed by atoms with E-state index in [0.29, 0.717) is 5.56 Å². The van der Waals surface area contributed by atoms with Crippen molar-refractivity contribution in [3.63, 3.8) is 0 Å². The lowest BCUT2D eigenvalue weighted by molar-refractivity contribution is -0.136. The van der Waals surface area contributed by atoms with Crippen molar-refractivity contribution in [1.29, 1.82) is 0 Å². The van der Waals surface area contributed by atoms with Gasteiger partial charge < -0.3 is 5.32 Å². The van der Waals surface area contributed by atoms with Crippen LogP contribution in [0.25, 0.3) is 0 Å². The highest BCUT2D eigenvalue weighted by molar-refractivity contribution is 7.89. The molecule has 2 amide bonds. The summed E-state index contributed by atoms with van der Waals surface area (Å²) in [5.74, 6) is -1.94. The third-order valence-electron chi connectivity index (χ3n) is 2.71. The summed E-state index contributed by atoms with van der Waals surface area (Å²) < 4.78 is 22.2. The summed E-state index contributed by atoms with van der Waals surface area (Å²) in [7, 11) is -3.82. The van der Waals surface area contributed by atoms with Crippen molar-refractivity contribution in [2.75, 3.05) is 5.32 Å². The molecule has 1 heterocycles. The average molecular weight is 347 g/mol. The summed E-state index contributed by atoms with van der Waals surface area (Å²) in [6.45, 7) is 0. The molecule has 124 valence electrons. The Kier molecular flexibility index (Phi) is 5.35. The number of anilines is 1. The minimum absolute atomic E-state index is 0.106. The van der Waals surface area contributed by atoms with E-state index >= 15 is 0 Å². The predicted octanol–water partition coefficient (Wildman–Crippen LogP) is -0.182. The highest BCUT2D eigenvalue weighted by Gasteiger charge is 2.13. The van der Waals surface area contributed by atoms with Crippen LogP contribution in [0.1, 0.15) is 5.56 Å². The molecule has 9 nitrogen and oxygen atoms in total. The number of aromatic nitrogens is 1. The Morgan fingerprint density at radius 2 is 1.83 bits per heavy atom. The van der Waals surface area contributed by atoms with E-state index in [0.717, 1.165) is 0 Å². The van der Waals surface area contributed by atoms with Gasteiger partial charge in [-0.15, -0.1) is 0 Å². The standard InChI is InChI=1S/C14H13N5O4S/c15-24(22,23)12-5-3-11(4-6-12)18-13(20)14(21)19-17-9-10-2-1-7-16-8-10/h1-9H,(H,18,20)(H,19,21)(H2,15,22,23)/b17-9+.